The molecule has 3 saturated heterocycles. The van der Waals surface area contributed by atoms with E-state index in [2.05, 4.69) is 46.2 Å². The molecule has 2 bridgehead atoms. The molecule has 2 aromatic rings. The van der Waals surface area contributed by atoms with Gasteiger partial charge in [-0.3, -0.25) is 9.69 Å². The van der Waals surface area contributed by atoms with Gasteiger partial charge in [0.05, 0.1) is 13.2 Å². The van der Waals surface area contributed by atoms with Crippen molar-refractivity contribution in [1.29, 1.82) is 0 Å². The lowest BCUT2D eigenvalue weighted by Gasteiger charge is -2.57. The molecule has 0 aliphatic carbocycles. The van der Waals surface area contributed by atoms with Gasteiger partial charge in [0.15, 0.2) is 0 Å². The molecule has 4 aliphatic rings. The smallest absolute Gasteiger partial charge is 0.254 e. The maximum atomic E-state index is 13.7. The van der Waals surface area contributed by atoms with Gasteiger partial charge in [0, 0.05) is 30.7 Å². The average molecular weight is 417 g/mol. The van der Waals surface area contributed by atoms with Gasteiger partial charge in [0.25, 0.3) is 5.91 Å². The van der Waals surface area contributed by atoms with Gasteiger partial charge in [0.1, 0.15) is 0 Å². The summed E-state index contributed by atoms with van der Waals surface area (Å²) in [7, 11) is 0. The first kappa shape index (κ1) is 19.5. The van der Waals surface area contributed by atoms with Gasteiger partial charge in [-0.2, -0.15) is 0 Å². The van der Waals surface area contributed by atoms with E-state index in [1.165, 1.54) is 43.4 Å². The first-order valence-electron chi connectivity index (χ1n) is 12.1. The number of ether oxygens (including phenoxy) is 1. The number of hydrogen-bond donors (Lipinski definition) is 0. The number of hydrogen-bond acceptors (Lipinski definition) is 3. The molecule has 1 amide bonds. The predicted octanol–water partition coefficient (Wildman–Crippen LogP) is 4.27. The van der Waals surface area contributed by atoms with E-state index in [1.54, 1.807) is 0 Å². The van der Waals surface area contributed by atoms with Crippen molar-refractivity contribution in [3.63, 3.8) is 0 Å². The molecule has 162 valence electrons. The fourth-order valence-electron chi connectivity index (χ4n) is 6.78. The average Bonchev–Trinajstić information content (AvgIpc) is 3.31. The topological polar surface area (TPSA) is 32.8 Å². The fraction of sp³-hybridized carbons (Fsp3) is 0.519. The largest absolute Gasteiger partial charge is 0.372 e. The Morgan fingerprint density at radius 1 is 0.968 bits per heavy atom. The van der Waals surface area contributed by atoms with Crippen LogP contribution in [0.2, 0.25) is 0 Å². The van der Waals surface area contributed by atoms with E-state index in [9.17, 15) is 4.79 Å². The minimum Gasteiger partial charge on any atom is -0.372 e. The number of carbonyl (C=O) groups excluding carboxylic acids is 1. The highest BCUT2D eigenvalue weighted by Gasteiger charge is 2.48. The van der Waals surface area contributed by atoms with E-state index in [0.717, 1.165) is 30.6 Å². The van der Waals surface area contributed by atoms with Crippen LogP contribution in [0, 0.1) is 11.8 Å². The lowest BCUT2D eigenvalue weighted by molar-refractivity contribution is -0.0642. The number of nitrogens with zero attached hydrogens (tertiary/aromatic N) is 2. The van der Waals surface area contributed by atoms with Crippen LogP contribution in [0.3, 0.4) is 0 Å². The van der Waals surface area contributed by atoms with Gasteiger partial charge in [0.2, 0.25) is 0 Å². The Morgan fingerprint density at radius 3 is 2.74 bits per heavy atom. The Balaban J connectivity index is 1.29. The normalized spacial score (nSPS) is 30.0. The van der Waals surface area contributed by atoms with Crippen molar-refractivity contribution in [2.24, 2.45) is 11.8 Å². The van der Waals surface area contributed by atoms with Gasteiger partial charge in [-0.15, -0.1) is 0 Å². The summed E-state index contributed by atoms with van der Waals surface area (Å²) in [5, 5.41) is 0. The molecule has 4 heteroatoms. The highest BCUT2D eigenvalue weighted by Crippen LogP contribution is 2.42. The maximum absolute atomic E-state index is 13.7. The highest BCUT2D eigenvalue weighted by atomic mass is 16.5. The van der Waals surface area contributed by atoms with Crippen LogP contribution in [0.15, 0.2) is 48.5 Å². The maximum Gasteiger partial charge on any atom is 0.254 e. The summed E-state index contributed by atoms with van der Waals surface area (Å²) in [4.78, 5) is 18.7. The number of amides is 1. The molecule has 4 atom stereocenters. The molecule has 4 nitrogen and oxygen atoms in total. The Labute approximate surface area is 185 Å². The summed E-state index contributed by atoms with van der Waals surface area (Å²) in [5.41, 5.74) is 4.60. The Kier molecular flexibility index (Phi) is 5.08. The number of likely N-dealkylation sites (tertiary alicyclic amines) is 1. The lowest BCUT2D eigenvalue weighted by atomic mass is 9.71. The third kappa shape index (κ3) is 3.50. The molecule has 0 N–H and O–H groups in total. The molecule has 3 fully saturated rings. The van der Waals surface area contributed by atoms with Crippen LogP contribution in [0.4, 0.5) is 0 Å². The van der Waals surface area contributed by atoms with Gasteiger partial charge in [-0.25, -0.2) is 0 Å². The van der Waals surface area contributed by atoms with Crippen molar-refractivity contribution < 1.29 is 9.53 Å². The zero-order chi connectivity index (χ0) is 20.8. The third-order valence-corrected chi connectivity index (χ3v) is 8.20. The second-order valence-electron chi connectivity index (χ2n) is 9.96. The van der Waals surface area contributed by atoms with E-state index in [1.807, 2.05) is 12.1 Å². The van der Waals surface area contributed by atoms with Crippen molar-refractivity contribution in [2.75, 3.05) is 19.6 Å². The van der Waals surface area contributed by atoms with Crippen molar-refractivity contribution in [3.8, 4) is 0 Å². The number of fused-ring (bicyclic) bond motifs is 5. The zero-order valence-corrected chi connectivity index (χ0v) is 18.2. The number of carbonyl (C=O) groups is 1. The fourth-order valence-corrected chi connectivity index (χ4v) is 6.78. The van der Waals surface area contributed by atoms with Gasteiger partial charge in [-0.1, -0.05) is 48.9 Å². The van der Waals surface area contributed by atoms with E-state index in [4.69, 9.17) is 4.74 Å². The molecule has 2 aromatic carbocycles. The first-order valence-corrected chi connectivity index (χ1v) is 12.1. The van der Waals surface area contributed by atoms with Crippen molar-refractivity contribution in [1.82, 2.24) is 9.80 Å². The second-order valence-corrected chi connectivity index (χ2v) is 9.96. The standard InChI is InChI=1S/C27H32N2O2/c30-27(23-10-6-9-20-17-31-18-24(20)23)28-15-21-14-22(16-28)26(13-19-7-2-1-3-8-19)29-12-5-4-11-25(21)29/h1-3,6-10,21-22,25-26H,4-5,11-18H2/t21-,22+,25+,26+/m1/s1. The second kappa shape index (κ2) is 8.07. The van der Waals surface area contributed by atoms with Crippen LogP contribution in [0.1, 0.15) is 52.7 Å². The molecule has 31 heavy (non-hydrogen) atoms. The van der Waals surface area contributed by atoms with E-state index < -0.39 is 0 Å². The Bertz CT molecular complexity index is 959. The van der Waals surface area contributed by atoms with Gasteiger partial charge < -0.3 is 9.64 Å². The van der Waals surface area contributed by atoms with Crippen LogP contribution in [0.5, 0.6) is 0 Å². The predicted molar refractivity (Wildman–Crippen MR) is 121 cm³/mol. The summed E-state index contributed by atoms with van der Waals surface area (Å²) in [6, 6.07) is 18.3. The number of benzene rings is 2. The molecule has 6 rings (SSSR count). The summed E-state index contributed by atoms with van der Waals surface area (Å²) in [5.74, 6) is 1.40. The van der Waals surface area contributed by atoms with Crippen molar-refractivity contribution in [3.05, 3.63) is 70.8 Å². The molecule has 0 radical (unpaired) electrons. The van der Waals surface area contributed by atoms with E-state index in [-0.39, 0.29) is 5.91 Å². The van der Waals surface area contributed by atoms with Crippen LogP contribution < -0.4 is 0 Å². The minimum atomic E-state index is 0.222. The van der Waals surface area contributed by atoms with Crippen LogP contribution in [-0.2, 0) is 24.4 Å². The summed E-state index contributed by atoms with van der Waals surface area (Å²) in [6.45, 7) is 4.25. The van der Waals surface area contributed by atoms with Gasteiger partial charge in [-0.05, 0) is 66.8 Å². The number of piperidine rings is 3. The van der Waals surface area contributed by atoms with Gasteiger partial charge >= 0.3 is 0 Å². The number of rotatable bonds is 3. The molecular weight excluding hydrogens is 384 g/mol. The SMILES string of the molecule is O=C(c1cccc2c1COC2)N1C[C@H]2C[C@@H](C1)[C@H](Cc1ccccc1)N1CCCC[C@@H]21. The monoisotopic (exact) mass is 416 g/mol. The quantitative estimate of drug-likeness (QED) is 0.749. The molecule has 0 unspecified atom stereocenters. The van der Waals surface area contributed by atoms with Crippen molar-refractivity contribution in [2.45, 2.75) is 57.4 Å². The summed E-state index contributed by atoms with van der Waals surface area (Å²) >= 11 is 0. The highest BCUT2D eigenvalue weighted by molar-refractivity contribution is 5.96. The van der Waals surface area contributed by atoms with Crippen LogP contribution in [0.25, 0.3) is 0 Å². The van der Waals surface area contributed by atoms with E-state index in [0.29, 0.717) is 37.1 Å². The minimum absolute atomic E-state index is 0.222. The first-order chi connectivity index (χ1) is 15.3. The molecule has 0 spiro atoms. The van der Waals surface area contributed by atoms with Crippen molar-refractivity contribution >= 4 is 5.91 Å². The Morgan fingerprint density at radius 2 is 1.84 bits per heavy atom. The lowest BCUT2D eigenvalue weighted by Crippen LogP contribution is -2.64. The molecule has 4 heterocycles. The zero-order valence-electron chi connectivity index (χ0n) is 18.2. The molecule has 0 saturated carbocycles. The molecule has 4 aliphatic heterocycles. The van der Waals surface area contributed by atoms with Crippen LogP contribution >= 0.6 is 0 Å². The molecular formula is C27H32N2O2. The van der Waals surface area contributed by atoms with Crippen LogP contribution in [-0.4, -0.2) is 47.4 Å². The third-order valence-electron chi connectivity index (χ3n) is 8.20. The Hall–Kier alpha value is -2.17. The van der Waals surface area contributed by atoms with E-state index >= 15 is 0 Å². The molecule has 0 aromatic heterocycles. The summed E-state index contributed by atoms with van der Waals surface area (Å²) < 4.78 is 5.64. The summed E-state index contributed by atoms with van der Waals surface area (Å²) in [6.07, 6.45) is 6.32.